The Morgan fingerprint density at radius 1 is 0.788 bits per heavy atom. The zero-order valence-corrected chi connectivity index (χ0v) is 18.7. The van der Waals surface area contributed by atoms with Gasteiger partial charge in [0.25, 0.3) is 11.8 Å². The van der Waals surface area contributed by atoms with Crippen molar-refractivity contribution in [3.8, 4) is 17.2 Å². The normalized spacial score (nSPS) is 12.6. The lowest BCUT2D eigenvalue weighted by Gasteiger charge is -2.16. The molecule has 0 atom stereocenters. The van der Waals surface area contributed by atoms with Crippen LogP contribution in [0.1, 0.15) is 31.8 Å². The lowest BCUT2D eigenvalue weighted by atomic mass is 10.1. The fraction of sp³-hybridized carbons (Fsp3) is 0.231. The average molecular weight is 447 g/mol. The monoisotopic (exact) mass is 446 g/mol. The van der Waals surface area contributed by atoms with Crippen molar-refractivity contribution in [1.82, 2.24) is 10.2 Å². The van der Waals surface area contributed by atoms with Crippen molar-refractivity contribution in [2.45, 2.75) is 13.1 Å². The number of nitrogens with one attached hydrogen (secondary N) is 1. The van der Waals surface area contributed by atoms with Crippen LogP contribution in [0.5, 0.6) is 17.2 Å². The Labute approximate surface area is 192 Å². The van der Waals surface area contributed by atoms with E-state index in [0.29, 0.717) is 41.5 Å². The first-order chi connectivity index (χ1) is 16.1. The van der Waals surface area contributed by atoms with Crippen LogP contribution in [0.25, 0.3) is 0 Å². The molecule has 0 fully saturated rings. The second-order valence-electron chi connectivity index (χ2n) is 7.58. The Morgan fingerprint density at radius 3 is 2.33 bits per heavy atom. The van der Waals surface area contributed by atoms with Gasteiger partial charge in [-0.25, -0.2) is 0 Å². The number of fused-ring (bicyclic) bond motifs is 1. The summed E-state index contributed by atoms with van der Waals surface area (Å²) < 4.78 is 16.5. The van der Waals surface area contributed by atoms with E-state index < -0.39 is 0 Å². The summed E-state index contributed by atoms with van der Waals surface area (Å²) in [5.41, 5.74) is 2.61. The number of methoxy groups -OCH3 is 2. The number of nitrogens with zero attached hydrogens (tertiary/aromatic N) is 1. The van der Waals surface area contributed by atoms with E-state index in [1.165, 1.54) is 10.5 Å². The highest BCUT2D eigenvalue weighted by Crippen LogP contribution is 2.33. The van der Waals surface area contributed by atoms with E-state index in [1.54, 1.807) is 50.6 Å². The molecular weight excluding hydrogens is 420 g/mol. The largest absolute Gasteiger partial charge is 0.493 e. The number of amides is 2. The fourth-order valence-electron chi connectivity index (χ4n) is 3.79. The van der Waals surface area contributed by atoms with Crippen LogP contribution in [-0.4, -0.2) is 44.1 Å². The Balaban J connectivity index is 1.41. The first-order valence-electron chi connectivity index (χ1n) is 10.7. The number of carbonyl (C=O) groups excluding carboxylic acids is 2. The average Bonchev–Trinajstić information content (AvgIpc) is 3.09. The minimum absolute atomic E-state index is 0.130. The summed E-state index contributed by atoms with van der Waals surface area (Å²) in [6.45, 7) is 1.84. The second kappa shape index (κ2) is 10.2. The van der Waals surface area contributed by atoms with Gasteiger partial charge in [0.1, 0.15) is 12.4 Å². The molecule has 3 aromatic carbocycles. The Kier molecular flexibility index (Phi) is 6.90. The van der Waals surface area contributed by atoms with E-state index in [9.17, 15) is 9.59 Å². The van der Waals surface area contributed by atoms with Gasteiger partial charge in [0.15, 0.2) is 11.5 Å². The molecule has 1 N–H and O–H groups in total. The maximum atomic E-state index is 13.1. The third kappa shape index (κ3) is 4.83. The van der Waals surface area contributed by atoms with Gasteiger partial charge < -0.3 is 19.5 Å². The summed E-state index contributed by atoms with van der Waals surface area (Å²) in [7, 11) is 3.10. The van der Waals surface area contributed by atoms with Crippen molar-refractivity contribution in [1.29, 1.82) is 0 Å². The highest BCUT2D eigenvalue weighted by Gasteiger charge is 2.38. The van der Waals surface area contributed by atoms with Gasteiger partial charge in [0.2, 0.25) is 0 Å². The summed E-state index contributed by atoms with van der Waals surface area (Å²) in [5, 5.41) is 3.31. The molecule has 2 amide bonds. The second-order valence-corrected chi connectivity index (χ2v) is 7.58. The van der Waals surface area contributed by atoms with Crippen LogP contribution in [0.3, 0.4) is 0 Å². The molecule has 0 spiro atoms. The van der Waals surface area contributed by atoms with E-state index in [0.717, 1.165) is 12.1 Å². The highest BCUT2D eigenvalue weighted by atomic mass is 16.5. The Morgan fingerprint density at radius 2 is 1.58 bits per heavy atom. The number of hydrogen-bond acceptors (Lipinski definition) is 6. The van der Waals surface area contributed by atoms with Crippen molar-refractivity contribution in [3.63, 3.8) is 0 Å². The van der Waals surface area contributed by atoms with Gasteiger partial charge in [-0.15, -0.1) is 0 Å². The van der Waals surface area contributed by atoms with Gasteiger partial charge in [-0.2, -0.15) is 0 Å². The zero-order chi connectivity index (χ0) is 23.2. The van der Waals surface area contributed by atoms with Crippen LogP contribution in [0, 0.1) is 0 Å². The number of benzene rings is 3. The molecule has 0 saturated heterocycles. The summed E-state index contributed by atoms with van der Waals surface area (Å²) in [4.78, 5) is 27.3. The number of hydrogen-bond donors (Lipinski definition) is 1. The molecule has 1 aliphatic rings. The smallest absolute Gasteiger partial charge is 0.265 e. The van der Waals surface area contributed by atoms with Crippen molar-refractivity contribution in [3.05, 3.63) is 89.0 Å². The van der Waals surface area contributed by atoms with Gasteiger partial charge >= 0.3 is 0 Å². The molecule has 3 aromatic rings. The molecule has 0 radical (unpaired) electrons. The summed E-state index contributed by atoms with van der Waals surface area (Å²) in [5.74, 6) is 0.844. The molecule has 1 heterocycles. The van der Waals surface area contributed by atoms with Gasteiger partial charge in [-0.05, 0) is 35.4 Å². The fourth-order valence-corrected chi connectivity index (χ4v) is 3.79. The zero-order valence-electron chi connectivity index (χ0n) is 18.7. The lowest BCUT2D eigenvalue weighted by Crippen LogP contribution is -2.29. The first kappa shape index (κ1) is 22.4. The topological polar surface area (TPSA) is 77.1 Å². The van der Waals surface area contributed by atoms with Crippen molar-refractivity contribution in [2.24, 2.45) is 0 Å². The van der Waals surface area contributed by atoms with E-state index in [-0.39, 0.29) is 18.4 Å². The first-order valence-corrected chi connectivity index (χ1v) is 10.7. The van der Waals surface area contributed by atoms with Crippen LogP contribution in [0.15, 0.2) is 66.7 Å². The molecule has 0 unspecified atom stereocenters. The molecule has 0 aromatic heterocycles. The molecule has 4 rings (SSSR count). The standard InChI is InChI=1S/C26H26N2O5/c1-31-21-12-11-19(15-23(21)32-2)17-28-25(29)20-9-6-10-22(24(20)26(28)30)33-14-13-27-16-18-7-4-3-5-8-18/h3-12,15,27H,13-14,16-17H2,1-2H3. The number of imide groups is 1. The SMILES string of the molecule is COc1ccc(CN2C(=O)c3cccc(OCCNCc4ccccc4)c3C2=O)cc1OC. The third-order valence-electron chi connectivity index (χ3n) is 5.46. The molecule has 1 aliphatic heterocycles. The molecule has 0 saturated carbocycles. The minimum atomic E-state index is -0.363. The van der Waals surface area contributed by atoms with Crippen LogP contribution in [0.2, 0.25) is 0 Å². The van der Waals surface area contributed by atoms with E-state index >= 15 is 0 Å². The van der Waals surface area contributed by atoms with Crippen LogP contribution in [-0.2, 0) is 13.1 Å². The summed E-state index contributed by atoms with van der Waals surface area (Å²) >= 11 is 0. The molecule has 7 nitrogen and oxygen atoms in total. The van der Waals surface area contributed by atoms with Gasteiger partial charge in [-0.3, -0.25) is 14.5 Å². The minimum Gasteiger partial charge on any atom is -0.493 e. The quantitative estimate of drug-likeness (QED) is 0.378. The molecular formula is C26H26N2O5. The van der Waals surface area contributed by atoms with Gasteiger partial charge in [0, 0.05) is 13.1 Å². The molecule has 7 heteroatoms. The molecule has 0 bridgehead atoms. The molecule has 0 aliphatic carbocycles. The summed E-state index contributed by atoms with van der Waals surface area (Å²) in [6.07, 6.45) is 0. The highest BCUT2D eigenvalue weighted by molar-refractivity contribution is 6.22. The van der Waals surface area contributed by atoms with Crippen molar-refractivity contribution < 1.29 is 23.8 Å². The predicted molar refractivity (Wildman–Crippen MR) is 124 cm³/mol. The summed E-state index contributed by atoms with van der Waals surface area (Å²) in [6, 6.07) is 20.5. The van der Waals surface area contributed by atoms with E-state index in [4.69, 9.17) is 14.2 Å². The Bertz CT molecular complexity index is 1150. The lowest BCUT2D eigenvalue weighted by molar-refractivity contribution is 0.0641. The van der Waals surface area contributed by atoms with Gasteiger partial charge in [-0.1, -0.05) is 42.5 Å². The number of carbonyl (C=O) groups is 2. The third-order valence-corrected chi connectivity index (χ3v) is 5.46. The van der Waals surface area contributed by atoms with Crippen LogP contribution < -0.4 is 19.5 Å². The molecule has 33 heavy (non-hydrogen) atoms. The maximum Gasteiger partial charge on any atom is 0.265 e. The van der Waals surface area contributed by atoms with E-state index in [1.807, 2.05) is 18.2 Å². The predicted octanol–water partition coefficient (Wildman–Crippen LogP) is 3.67. The number of ether oxygens (including phenoxy) is 3. The maximum absolute atomic E-state index is 13.1. The van der Waals surface area contributed by atoms with Crippen LogP contribution >= 0.6 is 0 Å². The van der Waals surface area contributed by atoms with Crippen LogP contribution in [0.4, 0.5) is 0 Å². The Hall–Kier alpha value is -3.84. The number of rotatable bonds is 10. The van der Waals surface area contributed by atoms with Gasteiger partial charge in [0.05, 0.1) is 31.9 Å². The molecule has 170 valence electrons. The van der Waals surface area contributed by atoms with E-state index in [2.05, 4.69) is 17.4 Å². The van der Waals surface area contributed by atoms with Crippen molar-refractivity contribution in [2.75, 3.05) is 27.4 Å². The van der Waals surface area contributed by atoms with Crippen molar-refractivity contribution >= 4 is 11.8 Å².